The van der Waals surface area contributed by atoms with Crippen molar-refractivity contribution in [2.45, 2.75) is 6.92 Å². The van der Waals surface area contributed by atoms with Crippen molar-refractivity contribution in [3.05, 3.63) is 60.2 Å². The maximum absolute atomic E-state index is 13.9. The van der Waals surface area contributed by atoms with Gasteiger partial charge in [0.15, 0.2) is 5.82 Å². The summed E-state index contributed by atoms with van der Waals surface area (Å²) in [6.45, 7) is 1.80. The van der Waals surface area contributed by atoms with Gasteiger partial charge in [-0.05, 0) is 25.1 Å². The van der Waals surface area contributed by atoms with Crippen LogP contribution in [0.3, 0.4) is 0 Å². The minimum Gasteiger partial charge on any atom is -0.383 e. The van der Waals surface area contributed by atoms with Gasteiger partial charge in [-0.3, -0.25) is 0 Å². The van der Waals surface area contributed by atoms with Crippen molar-refractivity contribution in [1.29, 1.82) is 0 Å². The number of nitrogens with zero attached hydrogens (tertiary/aromatic N) is 3. The molecule has 0 atom stereocenters. The van der Waals surface area contributed by atoms with E-state index in [0.29, 0.717) is 28.5 Å². The molecule has 2 heterocycles. The average molecular weight is 268 g/mol. The van der Waals surface area contributed by atoms with Crippen LogP contribution in [0.2, 0.25) is 0 Å². The van der Waals surface area contributed by atoms with E-state index < -0.39 is 0 Å². The molecule has 3 aromatic rings. The van der Waals surface area contributed by atoms with Gasteiger partial charge in [0.25, 0.3) is 0 Å². The number of hydrogen-bond acceptors (Lipinski definition) is 3. The molecule has 0 fully saturated rings. The normalized spacial score (nSPS) is 10.7. The molecule has 0 saturated heterocycles. The number of anilines is 1. The van der Waals surface area contributed by atoms with E-state index in [1.165, 1.54) is 10.7 Å². The highest BCUT2D eigenvalue weighted by molar-refractivity contribution is 5.77. The zero-order chi connectivity index (χ0) is 14.1. The quantitative estimate of drug-likeness (QED) is 0.777. The predicted molar refractivity (Wildman–Crippen MR) is 75.9 cm³/mol. The number of aromatic nitrogens is 3. The third-order valence-electron chi connectivity index (χ3n) is 3.11. The van der Waals surface area contributed by atoms with E-state index in [-0.39, 0.29) is 5.82 Å². The fourth-order valence-corrected chi connectivity index (χ4v) is 2.20. The van der Waals surface area contributed by atoms with Crippen molar-refractivity contribution in [1.82, 2.24) is 14.8 Å². The number of aryl methyl sites for hydroxylation is 1. The summed E-state index contributed by atoms with van der Waals surface area (Å²) in [6, 6.07) is 12.0. The van der Waals surface area contributed by atoms with Gasteiger partial charge in [0.2, 0.25) is 0 Å². The first-order valence-corrected chi connectivity index (χ1v) is 6.20. The molecule has 2 N–H and O–H groups in total. The number of pyridine rings is 1. The van der Waals surface area contributed by atoms with E-state index in [1.54, 1.807) is 37.4 Å². The summed E-state index contributed by atoms with van der Waals surface area (Å²) in [4.78, 5) is 4.21. The lowest BCUT2D eigenvalue weighted by Gasteiger charge is -2.05. The molecule has 0 saturated carbocycles. The number of benzene rings is 1. The van der Waals surface area contributed by atoms with Crippen LogP contribution in [0, 0.1) is 12.7 Å². The Morgan fingerprint density at radius 1 is 1.10 bits per heavy atom. The Bertz CT molecular complexity index is 750. The third-order valence-corrected chi connectivity index (χ3v) is 3.11. The fourth-order valence-electron chi connectivity index (χ4n) is 2.20. The van der Waals surface area contributed by atoms with Crippen LogP contribution in [0.25, 0.3) is 16.9 Å². The van der Waals surface area contributed by atoms with Crippen LogP contribution >= 0.6 is 0 Å². The Hall–Kier alpha value is -2.69. The zero-order valence-corrected chi connectivity index (χ0v) is 10.9. The number of hydrogen-bond donors (Lipinski definition) is 1. The standard InChI is InChI=1S/C15H13FN4/c1-10-14(11-6-2-3-7-12(11)16)15(17)20(19-10)13-8-4-5-9-18-13/h2-9H,17H2,1H3. The van der Waals surface area contributed by atoms with Crippen molar-refractivity contribution in [2.75, 3.05) is 5.73 Å². The molecule has 0 bridgehead atoms. The molecule has 100 valence electrons. The fraction of sp³-hybridized carbons (Fsp3) is 0.0667. The van der Waals surface area contributed by atoms with Gasteiger partial charge in [0, 0.05) is 17.3 Å². The minimum atomic E-state index is -0.317. The number of nitrogens with two attached hydrogens (primary N) is 1. The average Bonchev–Trinajstić information content (AvgIpc) is 2.76. The van der Waals surface area contributed by atoms with Crippen LogP contribution in [0.15, 0.2) is 48.7 Å². The molecule has 2 aromatic heterocycles. The van der Waals surface area contributed by atoms with Gasteiger partial charge in [-0.15, -0.1) is 0 Å². The Morgan fingerprint density at radius 2 is 1.85 bits per heavy atom. The predicted octanol–water partition coefficient (Wildman–Crippen LogP) is 2.96. The van der Waals surface area contributed by atoms with E-state index >= 15 is 0 Å². The lowest BCUT2D eigenvalue weighted by Crippen LogP contribution is -2.04. The third kappa shape index (κ3) is 1.93. The monoisotopic (exact) mass is 268 g/mol. The molecule has 20 heavy (non-hydrogen) atoms. The maximum atomic E-state index is 13.9. The zero-order valence-electron chi connectivity index (χ0n) is 10.9. The molecule has 1 aromatic carbocycles. The Kier molecular flexibility index (Phi) is 2.95. The van der Waals surface area contributed by atoms with Gasteiger partial charge in [-0.2, -0.15) is 9.78 Å². The summed E-state index contributed by atoms with van der Waals surface area (Å²) in [5, 5.41) is 4.36. The smallest absolute Gasteiger partial charge is 0.155 e. The van der Waals surface area contributed by atoms with E-state index in [1.807, 2.05) is 12.1 Å². The molecule has 5 heteroatoms. The molecular formula is C15H13FN4. The second-order valence-electron chi connectivity index (χ2n) is 4.43. The lowest BCUT2D eigenvalue weighted by molar-refractivity contribution is 0.631. The highest BCUT2D eigenvalue weighted by Crippen LogP contribution is 2.32. The van der Waals surface area contributed by atoms with E-state index in [9.17, 15) is 4.39 Å². The largest absolute Gasteiger partial charge is 0.383 e. The molecule has 0 aliphatic carbocycles. The van der Waals surface area contributed by atoms with Gasteiger partial charge in [0.05, 0.1) is 5.69 Å². The van der Waals surface area contributed by atoms with Crippen LogP contribution in [-0.2, 0) is 0 Å². The molecular weight excluding hydrogens is 255 g/mol. The van der Waals surface area contributed by atoms with Crippen molar-refractivity contribution in [2.24, 2.45) is 0 Å². The molecule has 0 aliphatic heterocycles. The lowest BCUT2D eigenvalue weighted by atomic mass is 10.1. The van der Waals surface area contributed by atoms with Gasteiger partial charge >= 0.3 is 0 Å². The highest BCUT2D eigenvalue weighted by atomic mass is 19.1. The molecule has 0 amide bonds. The number of halogens is 1. The van der Waals surface area contributed by atoms with Crippen LogP contribution in [0.5, 0.6) is 0 Å². The van der Waals surface area contributed by atoms with Gasteiger partial charge in [0.1, 0.15) is 11.6 Å². The summed E-state index contributed by atoms with van der Waals surface area (Å²) in [6.07, 6.45) is 1.66. The van der Waals surface area contributed by atoms with Crippen molar-refractivity contribution >= 4 is 5.82 Å². The summed E-state index contributed by atoms with van der Waals surface area (Å²) in [5.74, 6) is 0.671. The SMILES string of the molecule is Cc1nn(-c2ccccn2)c(N)c1-c1ccccc1F. The topological polar surface area (TPSA) is 56.7 Å². The minimum absolute atomic E-state index is 0.317. The second kappa shape index (κ2) is 4.77. The Morgan fingerprint density at radius 3 is 2.55 bits per heavy atom. The summed E-state index contributed by atoms with van der Waals surface area (Å²) in [5.41, 5.74) is 7.85. The van der Waals surface area contributed by atoms with E-state index in [4.69, 9.17) is 5.73 Å². The molecule has 0 aliphatic rings. The summed E-state index contributed by atoms with van der Waals surface area (Å²) >= 11 is 0. The van der Waals surface area contributed by atoms with E-state index in [0.717, 1.165) is 0 Å². The van der Waals surface area contributed by atoms with Crippen LogP contribution in [0.1, 0.15) is 5.69 Å². The molecule has 0 radical (unpaired) electrons. The first-order valence-electron chi connectivity index (χ1n) is 6.20. The van der Waals surface area contributed by atoms with Crippen molar-refractivity contribution < 1.29 is 4.39 Å². The summed E-state index contributed by atoms with van der Waals surface area (Å²) in [7, 11) is 0. The molecule has 4 nitrogen and oxygen atoms in total. The second-order valence-corrected chi connectivity index (χ2v) is 4.43. The Labute approximate surface area is 115 Å². The van der Waals surface area contributed by atoms with Gasteiger partial charge < -0.3 is 5.73 Å². The Balaban J connectivity index is 2.20. The van der Waals surface area contributed by atoms with Gasteiger partial charge in [-0.1, -0.05) is 24.3 Å². The first kappa shape index (κ1) is 12.3. The number of rotatable bonds is 2. The molecule has 0 spiro atoms. The van der Waals surface area contributed by atoms with E-state index in [2.05, 4.69) is 10.1 Å². The van der Waals surface area contributed by atoms with Crippen LogP contribution in [-0.4, -0.2) is 14.8 Å². The summed E-state index contributed by atoms with van der Waals surface area (Å²) < 4.78 is 15.5. The van der Waals surface area contributed by atoms with Gasteiger partial charge in [-0.25, -0.2) is 9.37 Å². The first-order chi connectivity index (χ1) is 9.68. The highest BCUT2D eigenvalue weighted by Gasteiger charge is 2.18. The molecule has 3 rings (SSSR count). The van der Waals surface area contributed by atoms with Crippen molar-refractivity contribution in [3.63, 3.8) is 0 Å². The van der Waals surface area contributed by atoms with Crippen LogP contribution in [0.4, 0.5) is 10.2 Å². The molecule has 0 unspecified atom stereocenters. The van der Waals surface area contributed by atoms with Crippen LogP contribution < -0.4 is 5.73 Å². The number of nitrogen functional groups attached to an aromatic ring is 1. The maximum Gasteiger partial charge on any atom is 0.155 e. The van der Waals surface area contributed by atoms with Crippen molar-refractivity contribution in [3.8, 4) is 16.9 Å².